The number of hydrogen-bond donors (Lipinski definition) is 1. The Morgan fingerprint density at radius 3 is 1.95 bits per heavy atom. The van der Waals surface area contributed by atoms with Crippen LogP contribution in [0.25, 0.3) is 0 Å². The Balaban J connectivity index is 1.87. The molecule has 0 unspecified atom stereocenters. The molecule has 0 radical (unpaired) electrons. The van der Waals surface area contributed by atoms with E-state index in [9.17, 15) is 0 Å². The van der Waals surface area contributed by atoms with Crippen LogP contribution in [0.1, 0.15) is 12.8 Å². The van der Waals surface area contributed by atoms with Gasteiger partial charge in [-0.3, -0.25) is 0 Å². The molecular formula is C17H20NP. The first-order chi connectivity index (χ1) is 9.43. The van der Waals surface area contributed by atoms with Crippen molar-refractivity contribution in [2.45, 2.75) is 18.9 Å². The van der Waals surface area contributed by atoms with Gasteiger partial charge in [-0.1, -0.05) is 60.7 Å². The molecular weight excluding hydrogens is 249 g/mol. The monoisotopic (exact) mass is 269 g/mol. The molecule has 0 aliphatic carbocycles. The first-order valence-electron chi connectivity index (χ1n) is 7.04. The van der Waals surface area contributed by atoms with Crippen molar-refractivity contribution in [1.29, 1.82) is 0 Å². The largest absolute Gasteiger partial charge is 0.314 e. The molecule has 19 heavy (non-hydrogen) atoms. The summed E-state index contributed by atoms with van der Waals surface area (Å²) in [5.74, 6) is 0. The predicted octanol–water partition coefficient (Wildman–Crippen LogP) is 2.87. The van der Waals surface area contributed by atoms with Crippen molar-refractivity contribution in [3.05, 3.63) is 60.7 Å². The van der Waals surface area contributed by atoms with Crippen molar-refractivity contribution >= 4 is 18.5 Å². The number of rotatable bonds is 4. The standard InChI is InChI=1S/C17H20NP/c1-3-9-16(10-4-1)19(14-15-8-7-13-18-15)17-11-5-2-6-12-17/h1-6,9-12,15,18H,7-8,13-14H2/t15-/m1/s1. The lowest BCUT2D eigenvalue weighted by atomic mass is 10.3. The highest BCUT2D eigenvalue weighted by molar-refractivity contribution is 7.73. The van der Waals surface area contributed by atoms with E-state index >= 15 is 0 Å². The Hall–Kier alpha value is -1.17. The summed E-state index contributed by atoms with van der Waals surface area (Å²) < 4.78 is 0. The van der Waals surface area contributed by atoms with E-state index < -0.39 is 0 Å². The van der Waals surface area contributed by atoms with Crippen molar-refractivity contribution in [2.24, 2.45) is 0 Å². The summed E-state index contributed by atoms with van der Waals surface area (Å²) in [5.41, 5.74) is 0. The molecule has 98 valence electrons. The molecule has 0 amide bonds. The maximum absolute atomic E-state index is 3.64. The Labute approximate surface area is 116 Å². The van der Waals surface area contributed by atoms with Gasteiger partial charge in [-0.2, -0.15) is 0 Å². The Bertz CT molecular complexity index is 452. The average molecular weight is 269 g/mol. The van der Waals surface area contributed by atoms with Gasteiger partial charge in [-0.25, -0.2) is 0 Å². The van der Waals surface area contributed by atoms with Gasteiger partial charge in [0.25, 0.3) is 0 Å². The van der Waals surface area contributed by atoms with Gasteiger partial charge in [0, 0.05) is 6.04 Å². The lowest BCUT2D eigenvalue weighted by Gasteiger charge is -2.22. The molecule has 1 fully saturated rings. The fourth-order valence-electron chi connectivity index (χ4n) is 2.71. The van der Waals surface area contributed by atoms with Crippen LogP contribution >= 0.6 is 7.92 Å². The molecule has 1 aliphatic heterocycles. The van der Waals surface area contributed by atoms with Crippen LogP contribution in [0.3, 0.4) is 0 Å². The summed E-state index contributed by atoms with van der Waals surface area (Å²) in [6.45, 7) is 1.19. The van der Waals surface area contributed by atoms with Crippen LogP contribution in [0.5, 0.6) is 0 Å². The summed E-state index contributed by atoms with van der Waals surface area (Å²) in [7, 11) is -0.224. The van der Waals surface area contributed by atoms with Crippen molar-refractivity contribution in [2.75, 3.05) is 12.7 Å². The van der Waals surface area contributed by atoms with Crippen molar-refractivity contribution in [1.82, 2.24) is 5.32 Å². The van der Waals surface area contributed by atoms with Gasteiger partial charge in [0.2, 0.25) is 0 Å². The fraction of sp³-hybridized carbons (Fsp3) is 0.294. The van der Waals surface area contributed by atoms with Crippen LogP contribution in [0.4, 0.5) is 0 Å². The highest BCUT2D eigenvalue weighted by Crippen LogP contribution is 2.35. The van der Waals surface area contributed by atoms with Gasteiger partial charge in [0.15, 0.2) is 0 Å². The lowest BCUT2D eigenvalue weighted by Crippen LogP contribution is -2.28. The molecule has 1 saturated heterocycles. The zero-order valence-corrected chi connectivity index (χ0v) is 12.0. The molecule has 0 bridgehead atoms. The van der Waals surface area contributed by atoms with E-state index in [-0.39, 0.29) is 7.92 Å². The maximum Gasteiger partial charge on any atom is 0.0113 e. The van der Waals surface area contributed by atoms with Gasteiger partial charge in [0.1, 0.15) is 0 Å². The third-order valence-electron chi connectivity index (χ3n) is 3.70. The van der Waals surface area contributed by atoms with E-state index in [0.29, 0.717) is 6.04 Å². The van der Waals surface area contributed by atoms with Gasteiger partial charge < -0.3 is 5.32 Å². The zero-order chi connectivity index (χ0) is 12.9. The van der Waals surface area contributed by atoms with Crippen LogP contribution in [-0.4, -0.2) is 18.7 Å². The van der Waals surface area contributed by atoms with Gasteiger partial charge in [0.05, 0.1) is 0 Å². The summed E-state index contributed by atoms with van der Waals surface area (Å²) in [6, 6.07) is 22.7. The minimum atomic E-state index is -0.224. The van der Waals surface area contributed by atoms with Crippen LogP contribution < -0.4 is 15.9 Å². The predicted molar refractivity (Wildman–Crippen MR) is 85.0 cm³/mol. The first-order valence-corrected chi connectivity index (χ1v) is 8.57. The minimum absolute atomic E-state index is 0.224. The SMILES string of the molecule is c1ccc(P(C[C@H]2CCCN2)c2ccccc2)cc1. The van der Waals surface area contributed by atoms with E-state index in [1.54, 1.807) is 0 Å². The van der Waals surface area contributed by atoms with E-state index in [0.717, 1.165) is 0 Å². The van der Waals surface area contributed by atoms with Crippen molar-refractivity contribution in [3.63, 3.8) is 0 Å². The van der Waals surface area contributed by atoms with E-state index in [4.69, 9.17) is 0 Å². The quantitative estimate of drug-likeness (QED) is 0.842. The topological polar surface area (TPSA) is 12.0 Å². The molecule has 1 N–H and O–H groups in total. The van der Waals surface area contributed by atoms with Crippen LogP contribution in [0.15, 0.2) is 60.7 Å². The Kier molecular flexibility index (Phi) is 4.27. The molecule has 1 nitrogen and oxygen atoms in total. The van der Waals surface area contributed by atoms with Crippen LogP contribution in [0, 0.1) is 0 Å². The van der Waals surface area contributed by atoms with Gasteiger partial charge in [-0.05, 0) is 44.1 Å². The second kappa shape index (κ2) is 6.32. The number of hydrogen-bond acceptors (Lipinski definition) is 1. The van der Waals surface area contributed by atoms with Crippen LogP contribution in [0.2, 0.25) is 0 Å². The molecule has 2 aromatic carbocycles. The molecule has 3 rings (SSSR count). The Morgan fingerprint density at radius 1 is 0.895 bits per heavy atom. The molecule has 0 spiro atoms. The van der Waals surface area contributed by atoms with Crippen molar-refractivity contribution < 1.29 is 0 Å². The minimum Gasteiger partial charge on any atom is -0.314 e. The van der Waals surface area contributed by atoms with E-state index in [1.807, 2.05) is 0 Å². The van der Waals surface area contributed by atoms with Crippen molar-refractivity contribution in [3.8, 4) is 0 Å². The fourth-order valence-corrected chi connectivity index (χ4v) is 5.24. The summed E-state index contributed by atoms with van der Waals surface area (Å²) in [5, 5.41) is 6.64. The highest BCUT2D eigenvalue weighted by Gasteiger charge is 2.21. The number of benzene rings is 2. The summed E-state index contributed by atoms with van der Waals surface area (Å²) >= 11 is 0. The van der Waals surface area contributed by atoms with Gasteiger partial charge >= 0.3 is 0 Å². The number of nitrogens with one attached hydrogen (secondary N) is 1. The second-order valence-corrected chi connectivity index (χ2v) is 7.33. The van der Waals surface area contributed by atoms with Gasteiger partial charge in [-0.15, -0.1) is 0 Å². The van der Waals surface area contributed by atoms with E-state index in [1.165, 1.54) is 36.2 Å². The molecule has 1 aliphatic rings. The smallest absolute Gasteiger partial charge is 0.0113 e. The summed E-state index contributed by atoms with van der Waals surface area (Å²) in [6.07, 6.45) is 3.93. The molecule has 1 atom stereocenters. The van der Waals surface area contributed by atoms with Crippen LogP contribution in [-0.2, 0) is 0 Å². The zero-order valence-electron chi connectivity index (χ0n) is 11.1. The normalized spacial score (nSPS) is 18.9. The van der Waals surface area contributed by atoms with E-state index in [2.05, 4.69) is 66.0 Å². The molecule has 2 aromatic rings. The molecule has 0 aromatic heterocycles. The molecule has 1 heterocycles. The lowest BCUT2D eigenvalue weighted by molar-refractivity contribution is 0.672. The second-order valence-electron chi connectivity index (χ2n) is 5.07. The third kappa shape index (κ3) is 3.23. The third-order valence-corrected chi connectivity index (χ3v) is 6.35. The Morgan fingerprint density at radius 2 is 1.47 bits per heavy atom. The summed E-state index contributed by atoms with van der Waals surface area (Å²) in [4.78, 5) is 0. The highest BCUT2D eigenvalue weighted by atomic mass is 31.1. The first kappa shape index (κ1) is 12.8. The molecule has 2 heteroatoms. The maximum atomic E-state index is 3.64. The average Bonchev–Trinajstić information content (AvgIpc) is 3.00. The molecule has 0 saturated carbocycles.